The Morgan fingerprint density at radius 3 is 2.46 bits per heavy atom. The Kier molecular flexibility index (Phi) is 4.71. The molecule has 0 saturated carbocycles. The molecule has 0 unspecified atom stereocenters. The highest BCUT2D eigenvalue weighted by atomic mass is 16.2. The third-order valence-electron chi connectivity index (χ3n) is 4.72. The summed E-state index contributed by atoms with van der Waals surface area (Å²) in [6, 6.07) is 7.92. The molecule has 24 heavy (non-hydrogen) atoms. The van der Waals surface area contributed by atoms with Gasteiger partial charge in [-0.2, -0.15) is 0 Å². The molecule has 0 radical (unpaired) electrons. The number of hydrogen-bond acceptors (Lipinski definition) is 3. The maximum absolute atomic E-state index is 12.8. The predicted molar refractivity (Wildman–Crippen MR) is 95.2 cm³/mol. The Balaban J connectivity index is 1.66. The number of fused-ring (bicyclic) bond motifs is 1. The molecule has 2 heterocycles. The van der Waals surface area contributed by atoms with E-state index in [-0.39, 0.29) is 17.6 Å². The van der Waals surface area contributed by atoms with Gasteiger partial charge in [-0.1, -0.05) is 32.0 Å². The minimum Gasteiger partial charge on any atom is -0.358 e. The first kappa shape index (κ1) is 16.7. The van der Waals surface area contributed by atoms with E-state index in [1.807, 2.05) is 49.9 Å². The van der Waals surface area contributed by atoms with Crippen LogP contribution in [0.1, 0.15) is 29.9 Å². The van der Waals surface area contributed by atoms with Gasteiger partial charge in [-0.3, -0.25) is 14.5 Å². The van der Waals surface area contributed by atoms with Gasteiger partial charge in [-0.15, -0.1) is 0 Å². The Bertz CT molecular complexity index is 755. The number of aromatic nitrogens is 1. The molecule has 0 aliphatic carbocycles. The van der Waals surface area contributed by atoms with Crippen molar-refractivity contribution in [2.24, 2.45) is 5.92 Å². The fraction of sp³-hybridized carbons (Fsp3) is 0.474. The van der Waals surface area contributed by atoms with E-state index < -0.39 is 0 Å². The lowest BCUT2D eigenvalue weighted by molar-refractivity contribution is -0.136. The van der Waals surface area contributed by atoms with Crippen LogP contribution < -0.4 is 0 Å². The van der Waals surface area contributed by atoms with Gasteiger partial charge in [0, 0.05) is 54.3 Å². The van der Waals surface area contributed by atoms with Gasteiger partial charge in [-0.25, -0.2) is 0 Å². The SMILES string of the molecule is Cc1[nH]c2ccccc2c1C(=O)CN1CCN(C(=O)C(C)C)CC1. The number of para-hydroxylation sites is 1. The number of hydrogen-bond donors (Lipinski definition) is 1. The van der Waals surface area contributed by atoms with Crippen LogP contribution in [0.5, 0.6) is 0 Å². The van der Waals surface area contributed by atoms with E-state index in [1.165, 1.54) is 0 Å². The van der Waals surface area contributed by atoms with Crippen LogP contribution in [-0.4, -0.2) is 59.2 Å². The van der Waals surface area contributed by atoms with Gasteiger partial charge in [0.15, 0.2) is 5.78 Å². The predicted octanol–water partition coefficient (Wildman–Crippen LogP) is 2.46. The maximum atomic E-state index is 12.8. The van der Waals surface area contributed by atoms with E-state index in [4.69, 9.17) is 0 Å². The van der Waals surface area contributed by atoms with E-state index in [0.29, 0.717) is 19.6 Å². The monoisotopic (exact) mass is 327 g/mol. The average molecular weight is 327 g/mol. The van der Waals surface area contributed by atoms with E-state index in [0.717, 1.165) is 35.2 Å². The molecule has 0 bridgehead atoms. The molecule has 1 fully saturated rings. The van der Waals surface area contributed by atoms with Crippen molar-refractivity contribution in [3.63, 3.8) is 0 Å². The third-order valence-corrected chi connectivity index (χ3v) is 4.72. The van der Waals surface area contributed by atoms with Gasteiger partial charge in [0.05, 0.1) is 6.54 Å². The molecular weight excluding hydrogens is 302 g/mol. The summed E-state index contributed by atoms with van der Waals surface area (Å²) in [6.45, 7) is 9.14. The summed E-state index contributed by atoms with van der Waals surface area (Å²) in [7, 11) is 0. The van der Waals surface area contributed by atoms with Crippen LogP contribution in [0.3, 0.4) is 0 Å². The average Bonchev–Trinajstić information content (AvgIpc) is 2.90. The fourth-order valence-electron chi connectivity index (χ4n) is 3.41. The van der Waals surface area contributed by atoms with Crippen LogP contribution in [0.2, 0.25) is 0 Å². The molecule has 2 aromatic rings. The van der Waals surface area contributed by atoms with Crippen LogP contribution >= 0.6 is 0 Å². The summed E-state index contributed by atoms with van der Waals surface area (Å²) >= 11 is 0. The van der Waals surface area contributed by atoms with Crippen LogP contribution in [0.4, 0.5) is 0 Å². The molecule has 1 amide bonds. The second kappa shape index (κ2) is 6.77. The number of benzene rings is 1. The van der Waals surface area contributed by atoms with Crippen molar-refractivity contribution >= 4 is 22.6 Å². The smallest absolute Gasteiger partial charge is 0.225 e. The number of piperazine rings is 1. The number of carbonyl (C=O) groups excluding carboxylic acids is 2. The maximum Gasteiger partial charge on any atom is 0.225 e. The minimum atomic E-state index is 0.0343. The van der Waals surface area contributed by atoms with Gasteiger partial charge < -0.3 is 9.88 Å². The molecule has 1 aliphatic heterocycles. The first-order chi connectivity index (χ1) is 11.5. The van der Waals surface area contributed by atoms with Crippen molar-refractivity contribution in [3.8, 4) is 0 Å². The first-order valence-electron chi connectivity index (χ1n) is 8.59. The Hall–Kier alpha value is -2.14. The summed E-state index contributed by atoms with van der Waals surface area (Å²) in [4.78, 5) is 32.2. The van der Waals surface area contributed by atoms with Crippen molar-refractivity contribution in [3.05, 3.63) is 35.5 Å². The number of amides is 1. The normalized spacial score (nSPS) is 16.1. The highest BCUT2D eigenvalue weighted by molar-refractivity contribution is 6.10. The van der Waals surface area contributed by atoms with Gasteiger partial charge >= 0.3 is 0 Å². The second-order valence-corrected chi connectivity index (χ2v) is 6.85. The minimum absolute atomic E-state index is 0.0343. The molecule has 128 valence electrons. The van der Waals surface area contributed by atoms with Crippen molar-refractivity contribution < 1.29 is 9.59 Å². The Morgan fingerprint density at radius 1 is 1.12 bits per heavy atom. The van der Waals surface area contributed by atoms with Gasteiger partial charge in [-0.05, 0) is 13.0 Å². The number of Topliss-reactive ketones (excluding diaryl/α,β-unsaturated/α-hetero) is 1. The van der Waals surface area contributed by atoms with Crippen molar-refractivity contribution in [2.75, 3.05) is 32.7 Å². The van der Waals surface area contributed by atoms with Crippen molar-refractivity contribution in [1.82, 2.24) is 14.8 Å². The van der Waals surface area contributed by atoms with Crippen molar-refractivity contribution in [2.45, 2.75) is 20.8 Å². The number of aryl methyl sites for hydroxylation is 1. The quantitative estimate of drug-likeness (QED) is 0.878. The summed E-state index contributed by atoms with van der Waals surface area (Å²) in [5.74, 6) is 0.383. The number of rotatable bonds is 4. The van der Waals surface area contributed by atoms with Crippen LogP contribution in [0, 0.1) is 12.8 Å². The van der Waals surface area contributed by atoms with Gasteiger partial charge in [0.25, 0.3) is 0 Å². The highest BCUT2D eigenvalue weighted by Crippen LogP contribution is 2.22. The molecule has 5 nitrogen and oxygen atoms in total. The van der Waals surface area contributed by atoms with Gasteiger partial charge in [0.1, 0.15) is 0 Å². The zero-order valence-corrected chi connectivity index (χ0v) is 14.6. The summed E-state index contributed by atoms with van der Waals surface area (Å²) in [5.41, 5.74) is 2.73. The van der Waals surface area contributed by atoms with E-state index in [1.54, 1.807) is 0 Å². The largest absolute Gasteiger partial charge is 0.358 e. The number of ketones is 1. The third kappa shape index (κ3) is 3.22. The zero-order chi connectivity index (χ0) is 17.3. The molecule has 1 saturated heterocycles. The molecule has 1 aliphatic rings. The lowest BCUT2D eigenvalue weighted by Crippen LogP contribution is -2.50. The van der Waals surface area contributed by atoms with Crippen LogP contribution in [-0.2, 0) is 4.79 Å². The molecule has 1 N–H and O–H groups in total. The molecule has 3 rings (SSSR count). The number of H-pyrrole nitrogens is 1. The van der Waals surface area contributed by atoms with E-state index in [2.05, 4.69) is 9.88 Å². The number of aromatic amines is 1. The molecule has 1 aromatic heterocycles. The van der Waals surface area contributed by atoms with E-state index >= 15 is 0 Å². The lowest BCUT2D eigenvalue weighted by atomic mass is 10.1. The summed E-state index contributed by atoms with van der Waals surface area (Å²) in [5, 5.41) is 0.994. The topological polar surface area (TPSA) is 56.4 Å². The van der Waals surface area contributed by atoms with Crippen LogP contribution in [0.25, 0.3) is 10.9 Å². The molecule has 1 aromatic carbocycles. The first-order valence-corrected chi connectivity index (χ1v) is 8.59. The molecule has 5 heteroatoms. The van der Waals surface area contributed by atoms with Gasteiger partial charge in [0.2, 0.25) is 5.91 Å². The number of carbonyl (C=O) groups is 2. The molecule has 0 spiro atoms. The molecular formula is C19H25N3O2. The number of nitrogens with zero attached hydrogens (tertiary/aromatic N) is 2. The summed E-state index contributed by atoms with van der Waals surface area (Å²) in [6.07, 6.45) is 0. The van der Waals surface area contributed by atoms with E-state index in [9.17, 15) is 9.59 Å². The second-order valence-electron chi connectivity index (χ2n) is 6.85. The van der Waals surface area contributed by atoms with Crippen molar-refractivity contribution in [1.29, 1.82) is 0 Å². The fourth-order valence-corrected chi connectivity index (χ4v) is 3.41. The summed E-state index contributed by atoms with van der Waals surface area (Å²) < 4.78 is 0. The zero-order valence-electron chi connectivity index (χ0n) is 14.6. The Labute approximate surface area is 142 Å². The lowest BCUT2D eigenvalue weighted by Gasteiger charge is -2.35. The number of nitrogens with one attached hydrogen (secondary N) is 1. The molecule has 0 atom stereocenters. The Morgan fingerprint density at radius 2 is 1.79 bits per heavy atom. The standard InChI is InChI=1S/C19H25N3O2/c1-13(2)19(24)22-10-8-21(9-11-22)12-17(23)18-14(3)20-16-7-5-4-6-15(16)18/h4-7,13,20H,8-12H2,1-3H3. The van der Waals surface area contributed by atoms with Crippen LogP contribution in [0.15, 0.2) is 24.3 Å². The highest BCUT2D eigenvalue weighted by Gasteiger charge is 2.25.